The third-order valence-corrected chi connectivity index (χ3v) is 7.18. The second-order valence-electron chi connectivity index (χ2n) is 9.44. The number of carbonyl (C=O) groups excluding carboxylic acids is 1. The third kappa shape index (κ3) is 6.02. The molecular weight excluding hydrogens is 383 g/mol. The summed E-state index contributed by atoms with van der Waals surface area (Å²) in [6.07, 6.45) is 7.18. The fourth-order valence-electron chi connectivity index (χ4n) is 5.06. The van der Waals surface area contributed by atoms with Crippen molar-refractivity contribution in [2.75, 3.05) is 39.5 Å². The van der Waals surface area contributed by atoms with Crippen molar-refractivity contribution in [2.45, 2.75) is 57.6 Å². The van der Waals surface area contributed by atoms with Gasteiger partial charge in [-0.15, -0.1) is 0 Å². The van der Waals surface area contributed by atoms with E-state index >= 15 is 0 Å². The third-order valence-electron chi connectivity index (χ3n) is 7.18. The first-order valence-corrected chi connectivity index (χ1v) is 11.5. The number of nitrogens with one attached hydrogen (secondary N) is 1. The van der Waals surface area contributed by atoms with E-state index in [9.17, 15) is 9.18 Å². The summed E-state index contributed by atoms with van der Waals surface area (Å²) in [5.41, 5.74) is 1.32. The smallest absolute Gasteiger partial charge is 0.220 e. The van der Waals surface area contributed by atoms with Gasteiger partial charge in [0.1, 0.15) is 5.82 Å². The van der Waals surface area contributed by atoms with E-state index in [1.807, 2.05) is 6.07 Å². The lowest BCUT2D eigenvalue weighted by Crippen LogP contribution is -2.47. The van der Waals surface area contributed by atoms with Crippen molar-refractivity contribution < 1.29 is 18.7 Å². The number of amides is 1. The highest BCUT2D eigenvalue weighted by Gasteiger charge is 2.38. The molecule has 1 atom stereocenters. The summed E-state index contributed by atoms with van der Waals surface area (Å²) >= 11 is 0. The zero-order valence-electron chi connectivity index (χ0n) is 17.9. The van der Waals surface area contributed by atoms with Gasteiger partial charge in [-0.05, 0) is 80.6 Å². The maximum atomic E-state index is 13.4. The molecule has 0 radical (unpaired) electrons. The zero-order valence-corrected chi connectivity index (χ0v) is 17.9. The first kappa shape index (κ1) is 21.7. The van der Waals surface area contributed by atoms with E-state index in [2.05, 4.69) is 10.2 Å². The topological polar surface area (TPSA) is 50.8 Å². The normalized spacial score (nSPS) is 25.3. The minimum atomic E-state index is -0.160. The van der Waals surface area contributed by atoms with Crippen LogP contribution < -0.4 is 5.32 Å². The minimum Gasteiger partial charge on any atom is -0.381 e. The molecular formula is C24H35FN2O3. The van der Waals surface area contributed by atoms with Gasteiger partial charge < -0.3 is 14.8 Å². The van der Waals surface area contributed by atoms with Crippen LogP contribution in [0.15, 0.2) is 24.3 Å². The van der Waals surface area contributed by atoms with Crippen LogP contribution in [0.1, 0.15) is 50.5 Å². The van der Waals surface area contributed by atoms with Crippen LogP contribution in [0.5, 0.6) is 0 Å². The second kappa shape index (κ2) is 10.2. The van der Waals surface area contributed by atoms with Crippen molar-refractivity contribution in [1.82, 2.24) is 10.2 Å². The molecule has 1 N–H and O–H groups in total. The Labute approximate surface area is 179 Å². The molecule has 1 amide bonds. The number of carbonyl (C=O) groups is 1. The van der Waals surface area contributed by atoms with Crippen LogP contribution in [0.25, 0.3) is 0 Å². The Kier molecular flexibility index (Phi) is 7.39. The molecule has 0 aliphatic carbocycles. The molecule has 3 saturated heterocycles. The predicted octanol–water partition coefficient (Wildman–Crippen LogP) is 3.52. The van der Waals surface area contributed by atoms with Gasteiger partial charge in [0.25, 0.3) is 0 Å². The van der Waals surface area contributed by atoms with Gasteiger partial charge >= 0.3 is 0 Å². The van der Waals surface area contributed by atoms with E-state index in [0.717, 1.165) is 77.1 Å². The molecule has 1 unspecified atom stereocenters. The summed E-state index contributed by atoms with van der Waals surface area (Å²) < 4.78 is 24.9. The number of halogens is 1. The molecule has 0 aromatic heterocycles. The molecule has 1 spiro atoms. The summed E-state index contributed by atoms with van der Waals surface area (Å²) in [5, 5.41) is 3.09. The number of hydrogen-bond donors (Lipinski definition) is 1. The second-order valence-corrected chi connectivity index (χ2v) is 9.44. The summed E-state index contributed by atoms with van der Waals surface area (Å²) in [6.45, 7) is 5.87. The fraction of sp³-hybridized carbons (Fsp3) is 0.708. The summed E-state index contributed by atoms with van der Waals surface area (Å²) in [4.78, 5) is 14.6. The molecule has 3 heterocycles. The molecule has 1 aromatic rings. The Morgan fingerprint density at radius 2 is 1.97 bits per heavy atom. The Morgan fingerprint density at radius 1 is 1.17 bits per heavy atom. The number of ether oxygens (including phenoxy) is 2. The summed E-state index contributed by atoms with van der Waals surface area (Å²) in [5.74, 6) is 0.454. The van der Waals surface area contributed by atoms with Gasteiger partial charge in [-0.1, -0.05) is 12.1 Å². The first-order valence-electron chi connectivity index (χ1n) is 11.5. The maximum absolute atomic E-state index is 13.4. The van der Waals surface area contributed by atoms with Crippen LogP contribution in [0.4, 0.5) is 4.39 Å². The van der Waals surface area contributed by atoms with Gasteiger partial charge in [-0.25, -0.2) is 4.39 Å². The van der Waals surface area contributed by atoms with E-state index < -0.39 is 0 Å². The molecule has 5 nitrogen and oxygen atoms in total. The Bertz CT molecular complexity index is 689. The largest absolute Gasteiger partial charge is 0.381 e. The lowest BCUT2D eigenvalue weighted by molar-refractivity contribution is -0.125. The monoisotopic (exact) mass is 418 g/mol. The van der Waals surface area contributed by atoms with Crippen molar-refractivity contribution in [1.29, 1.82) is 0 Å². The lowest BCUT2D eigenvalue weighted by Gasteiger charge is -2.45. The number of rotatable bonds is 6. The lowest BCUT2D eigenvalue weighted by atomic mass is 9.73. The van der Waals surface area contributed by atoms with E-state index in [1.54, 1.807) is 12.1 Å². The SMILES string of the molecule is O=C(CC1CCOCC1)NCC1CCC2(CCN(Cc3cccc(F)c3)CC2)CO1. The number of likely N-dealkylation sites (tertiary alicyclic amines) is 1. The van der Waals surface area contributed by atoms with Crippen molar-refractivity contribution in [3.05, 3.63) is 35.6 Å². The zero-order chi connectivity index (χ0) is 20.8. The van der Waals surface area contributed by atoms with Crippen molar-refractivity contribution in [3.8, 4) is 0 Å². The van der Waals surface area contributed by atoms with E-state index in [0.29, 0.717) is 18.9 Å². The fourth-order valence-corrected chi connectivity index (χ4v) is 5.06. The van der Waals surface area contributed by atoms with Gasteiger partial charge in [0, 0.05) is 32.7 Å². The quantitative estimate of drug-likeness (QED) is 0.768. The number of piperidine rings is 1. The molecule has 6 heteroatoms. The Hall–Kier alpha value is -1.50. The van der Waals surface area contributed by atoms with Crippen LogP contribution in [0.3, 0.4) is 0 Å². The highest BCUT2D eigenvalue weighted by molar-refractivity contribution is 5.76. The number of hydrogen-bond acceptors (Lipinski definition) is 4. The first-order chi connectivity index (χ1) is 14.6. The maximum Gasteiger partial charge on any atom is 0.220 e. The molecule has 166 valence electrons. The van der Waals surface area contributed by atoms with Gasteiger partial charge in [0.2, 0.25) is 5.91 Å². The number of nitrogens with zero attached hydrogens (tertiary/aromatic N) is 1. The molecule has 3 fully saturated rings. The van der Waals surface area contributed by atoms with Crippen LogP contribution >= 0.6 is 0 Å². The van der Waals surface area contributed by atoms with E-state index in [1.165, 1.54) is 12.5 Å². The number of benzene rings is 1. The van der Waals surface area contributed by atoms with Crippen LogP contribution in [-0.2, 0) is 20.8 Å². The van der Waals surface area contributed by atoms with E-state index in [-0.39, 0.29) is 23.2 Å². The molecule has 4 rings (SSSR count). The molecule has 30 heavy (non-hydrogen) atoms. The standard InChI is InChI=1S/C24H35FN2O3/c25-21-3-1-2-20(14-21)17-27-10-8-24(9-11-27)7-4-22(30-18-24)16-26-23(28)15-19-5-12-29-13-6-19/h1-3,14,19,22H,4-13,15-18H2,(H,26,28). The summed E-state index contributed by atoms with van der Waals surface area (Å²) in [6, 6.07) is 6.92. The highest BCUT2D eigenvalue weighted by Crippen LogP contribution is 2.40. The van der Waals surface area contributed by atoms with Crippen LogP contribution in [-0.4, -0.2) is 56.4 Å². The van der Waals surface area contributed by atoms with Gasteiger partial charge in [-0.3, -0.25) is 9.69 Å². The highest BCUT2D eigenvalue weighted by atomic mass is 19.1. The summed E-state index contributed by atoms with van der Waals surface area (Å²) in [7, 11) is 0. The van der Waals surface area contributed by atoms with Gasteiger partial charge in [0.15, 0.2) is 0 Å². The molecule has 3 aliphatic rings. The Morgan fingerprint density at radius 3 is 2.67 bits per heavy atom. The van der Waals surface area contributed by atoms with Gasteiger partial charge in [0.05, 0.1) is 12.7 Å². The molecule has 0 bridgehead atoms. The average Bonchev–Trinajstić information content (AvgIpc) is 2.76. The van der Waals surface area contributed by atoms with Crippen molar-refractivity contribution in [2.24, 2.45) is 11.3 Å². The van der Waals surface area contributed by atoms with Crippen molar-refractivity contribution in [3.63, 3.8) is 0 Å². The molecule has 1 aromatic carbocycles. The average molecular weight is 419 g/mol. The van der Waals surface area contributed by atoms with E-state index in [4.69, 9.17) is 9.47 Å². The van der Waals surface area contributed by atoms with Crippen molar-refractivity contribution >= 4 is 5.91 Å². The predicted molar refractivity (Wildman–Crippen MR) is 113 cm³/mol. The molecule has 0 saturated carbocycles. The minimum absolute atomic E-state index is 0.139. The van der Waals surface area contributed by atoms with Gasteiger partial charge in [-0.2, -0.15) is 0 Å². The van der Waals surface area contributed by atoms with Crippen LogP contribution in [0, 0.1) is 17.2 Å². The Balaban J connectivity index is 1.14. The molecule has 3 aliphatic heterocycles. The van der Waals surface area contributed by atoms with Crippen LogP contribution in [0.2, 0.25) is 0 Å².